The van der Waals surface area contributed by atoms with Crippen molar-refractivity contribution in [1.29, 1.82) is 0 Å². The molecule has 1 N–H and O–H groups in total. The third-order valence-corrected chi connectivity index (χ3v) is 2.69. The van der Waals surface area contributed by atoms with Gasteiger partial charge in [-0.25, -0.2) is 4.39 Å². The summed E-state index contributed by atoms with van der Waals surface area (Å²) >= 11 is 0. The van der Waals surface area contributed by atoms with Crippen LogP contribution in [0.2, 0.25) is 0 Å². The predicted octanol–water partition coefficient (Wildman–Crippen LogP) is 4.23. The molecule has 0 aromatic heterocycles. The Labute approximate surface area is 98.1 Å². The fraction of sp³-hybridized carbons (Fsp3) is 0.571. The lowest BCUT2D eigenvalue weighted by Crippen LogP contribution is -2.14. The first-order chi connectivity index (χ1) is 7.52. The number of hydrogen-bond acceptors (Lipinski definition) is 1. The molecule has 1 aromatic carbocycles. The minimum absolute atomic E-state index is 0.140. The maximum absolute atomic E-state index is 13.7. The van der Waals surface area contributed by atoms with Crippen molar-refractivity contribution in [2.75, 3.05) is 5.32 Å². The van der Waals surface area contributed by atoms with E-state index >= 15 is 0 Å². The predicted molar refractivity (Wildman–Crippen MR) is 68.3 cm³/mol. The average molecular weight is 223 g/mol. The summed E-state index contributed by atoms with van der Waals surface area (Å²) in [5.41, 5.74) is 1.68. The van der Waals surface area contributed by atoms with E-state index in [1.54, 1.807) is 6.07 Å². The van der Waals surface area contributed by atoms with E-state index in [1.165, 1.54) is 0 Å². The zero-order chi connectivity index (χ0) is 12.1. The van der Waals surface area contributed by atoms with Crippen molar-refractivity contribution >= 4 is 5.69 Å². The molecular weight excluding hydrogens is 201 g/mol. The van der Waals surface area contributed by atoms with E-state index in [0.29, 0.717) is 17.6 Å². The van der Waals surface area contributed by atoms with Crippen molar-refractivity contribution in [2.45, 2.75) is 46.6 Å². The Morgan fingerprint density at radius 3 is 2.44 bits per heavy atom. The first kappa shape index (κ1) is 13.0. The second kappa shape index (κ2) is 5.88. The smallest absolute Gasteiger partial charge is 0.146 e. The summed E-state index contributed by atoms with van der Waals surface area (Å²) in [5, 5.41) is 3.17. The number of anilines is 1. The summed E-state index contributed by atoms with van der Waals surface area (Å²) in [4.78, 5) is 0. The monoisotopic (exact) mass is 223 g/mol. The highest BCUT2D eigenvalue weighted by Gasteiger charge is 2.06. The zero-order valence-electron chi connectivity index (χ0n) is 10.7. The fourth-order valence-corrected chi connectivity index (χ4v) is 1.64. The van der Waals surface area contributed by atoms with Gasteiger partial charge in [0.15, 0.2) is 0 Å². The van der Waals surface area contributed by atoms with Crippen LogP contribution in [0, 0.1) is 11.7 Å². The topological polar surface area (TPSA) is 12.0 Å². The second-order valence-corrected chi connectivity index (χ2v) is 4.87. The standard InChI is InChI=1S/C14H22FN/c1-5-11(4)16-14-7-6-12(8-10(2)3)9-13(14)15/h6-7,9-11,16H,5,8H2,1-4H3. The van der Waals surface area contributed by atoms with Crippen LogP contribution in [0.3, 0.4) is 0 Å². The van der Waals surface area contributed by atoms with Gasteiger partial charge >= 0.3 is 0 Å². The van der Waals surface area contributed by atoms with Crippen LogP contribution >= 0.6 is 0 Å². The highest BCUT2D eigenvalue weighted by atomic mass is 19.1. The van der Waals surface area contributed by atoms with Crippen LogP contribution in [0.15, 0.2) is 18.2 Å². The second-order valence-electron chi connectivity index (χ2n) is 4.87. The number of benzene rings is 1. The molecule has 0 spiro atoms. The first-order valence-electron chi connectivity index (χ1n) is 6.07. The fourth-order valence-electron chi connectivity index (χ4n) is 1.64. The zero-order valence-corrected chi connectivity index (χ0v) is 10.7. The van der Waals surface area contributed by atoms with Crippen molar-refractivity contribution in [1.82, 2.24) is 0 Å². The summed E-state index contributed by atoms with van der Waals surface area (Å²) in [7, 11) is 0. The van der Waals surface area contributed by atoms with E-state index in [0.717, 1.165) is 18.4 Å². The molecule has 0 bridgehead atoms. The molecule has 1 rings (SSSR count). The molecule has 0 saturated carbocycles. The molecule has 1 nitrogen and oxygen atoms in total. The highest BCUT2D eigenvalue weighted by molar-refractivity contribution is 5.47. The number of hydrogen-bond donors (Lipinski definition) is 1. The lowest BCUT2D eigenvalue weighted by atomic mass is 10.0. The molecule has 0 aliphatic rings. The molecule has 0 saturated heterocycles. The van der Waals surface area contributed by atoms with Gasteiger partial charge in [0.2, 0.25) is 0 Å². The molecule has 90 valence electrons. The maximum atomic E-state index is 13.7. The van der Waals surface area contributed by atoms with E-state index in [1.807, 2.05) is 12.1 Å². The largest absolute Gasteiger partial charge is 0.380 e. The average Bonchev–Trinajstić information content (AvgIpc) is 2.21. The Balaban J connectivity index is 2.75. The summed E-state index contributed by atoms with van der Waals surface area (Å²) < 4.78 is 13.7. The normalized spacial score (nSPS) is 12.9. The summed E-state index contributed by atoms with van der Waals surface area (Å²) in [6.45, 7) is 8.43. The van der Waals surface area contributed by atoms with Crippen molar-refractivity contribution in [2.24, 2.45) is 5.92 Å². The van der Waals surface area contributed by atoms with Crippen LogP contribution in [-0.4, -0.2) is 6.04 Å². The molecule has 0 amide bonds. The molecule has 1 aromatic rings. The van der Waals surface area contributed by atoms with Crippen LogP contribution in [0.5, 0.6) is 0 Å². The van der Waals surface area contributed by atoms with E-state index in [4.69, 9.17) is 0 Å². The SMILES string of the molecule is CCC(C)Nc1ccc(CC(C)C)cc1F. The Morgan fingerprint density at radius 2 is 1.94 bits per heavy atom. The Kier molecular flexibility index (Phi) is 4.78. The molecule has 0 fully saturated rings. The quantitative estimate of drug-likeness (QED) is 0.787. The van der Waals surface area contributed by atoms with Gasteiger partial charge in [0.1, 0.15) is 5.82 Å². The number of halogens is 1. The molecule has 16 heavy (non-hydrogen) atoms. The molecule has 1 unspecified atom stereocenters. The summed E-state index contributed by atoms with van der Waals surface area (Å²) in [6, 6.07) is 5.81. The minimum Gasteiger partial charge on any atom is -0.380 e. The van der Waals surface area contributed by atoms with Gasteiger partial charge in [-0.15, -0.1) is 0 Å². The lowest BCUT2D eigenvalue weighted by molar-refractivity contribution is 0.611. The van der Waals surface area contributed by atoms with Crippen LogP contribution in [0.4, 0.5) is 10.1 Å². The van der Waals surface area contributed by atoms with E-state index in [-0.39, 0.29) is 5.82 Å². The summed E-state index contributed by atoms with van der Waals surface area (Å²) in [5.74, 6) is 0.422. The van der Waals surface area contributed by atoms with E-state index < -0.39 is 0 Å². The van der Waals surface area contributed by atoms with Gasteiger partial charge < -0.3 is 5.32 Å². The van der Waals surface area contributed by atoms with Gasteiger partial charge in [0.05, 0.1) is 5.69 Å². The van der Waals surface area contributed by atoms with Crippen molar-refractivity contribution < 1.29 is 4.39 Å². The lowest BCUT2D eigenvalue weighted by Gasteiger charge is -2.14. The molecule has 0 aliphatic carbocycles. The molecule has 1 atom stereocenters. The van der Waals surface area contributed by atoms with Crippen molar-refractivity contribution in [3.63, 3.8) is 0 Å². The molecule has 0 heterocycles. The molecule has 0 aliphatic heterocycles. The maximum Gasteiger partial charge on any atom is 0.146 e. The highest BCUT2D eigenvalue weighted by Crippen LogP contribution is 2.19. The minimum atomic E-state index is -0.140. The van der Waals surface area contributed by atoms with Crippen LogP contribution < -0.4 is 5.32 Å². The van der Waals surface area contributed by atoms with Crippen molar-refractivity contribution in [3.8, 4) is 0 Å². The molecule has 2 heteroatoms. The molecule has 0 radical (unpaired) electrons. The van der Waals surface area contributed by atoms with Gasteiger partial charge in [-0.3, -0.25) is 0 Å². The number of rotatable bonds is 5. The van der Waals surface area contributed by atoms with Gasteiger partial charge in [-0.05, 0) is 43.4 Å². The van der Waals surface area contributed by atoms with E-state index in [2.05, 4.69) is 33.0 Å². The van der Waals surface area contributed by atoms with Crippen LogP contribution in [0.25, 0.3) is 0 Å². The Hall–Kier alpha value is -1.05. The number of nitrogens with one attached hydrogen (secondary N) is 1. The third kappa shape index (κ3) is 3.84. The van der Waals surface area contributed by atoms with Gasteiger partial charge in [0, 0.05) is 6.04 Å². The van der Waals surface area contributed by atoms with Crippen LogP contribution in [0.1, 0.15) is 39.7 Å². The Morgan fingerprint density at radius 1 is 1.25 bits per heavy atom. The van der Waals surface area contributed by atoms with Gasteiger partial charge in [0.25, 0.3) is 0 Å². The van der Waals surface area contributed by atoms with Gasteiger partial charge in [-0.1, -0.05) is 26.8 Å². The first-order valence-corrected chi connectivity index (χ1v) is 6.07. The van der Waals surface area contributed by atoms with Crippen molar-refractivity contribution in [3.05, 3.63) is 29.6 Å². The van der Waals surface area contributed by atoms with E-state index in [9.17, 15) is 4.39 Å². The third-order valence-electron chi connectivity index (χ3n) is 2.69. The summed E-state index contributed by atoms with van der Waals surface area (Å²) in [6.07, 6.45) is 1.92. The van der Waals surface area contributed by atoms with Crippen LogP contribution in [-0.2, 0) is 6.42 Å². The Bertz CT molecular complexity index is 334. The van der Waals surface area contributed by atoms with Gasteiger partial charge in [-0.2, -0.15) is 0 Å². The molecular formula is C14H22FN.